The third-order valence-electron chi connectivity index (χ3n) is 2.67. The summed E-state index contributed by atoms with van der Waals surface area (Å²) in [5.74, 6) is -0.468. The first kappa shape index (κ1) is 13.8. The highest BCUT2D eigenvalue weighted by Crippen LogP contribution is 2.23. The number of carbonyl (C=O) groups is 1. The second-order valence-electron chi connectivity index (χ2n) is 4.07. The van der Waals surface area contributed by atoms with Crippen molar-refractivity contribution in [3.63, 3.8) is 0 Å². The Labute approximate surface area is 113 Å². The fourth-order valence-electron chi connectivity index (χ4n) is 1.68. The SMILES string of the molecule is NC(CSCc1ccc(F)c2cccnc12)C(=O)O. The highest BCUT2D eigenvalue weighted by atomic mass is 32.2. The lowest BCUT2D eigenvalue weighted by Crippen LogP contribution is -2.32. The number of thioether (sulfide) groups is 1. The summed E-state index contributed by atoms with van der Waals surface area (Å²) in [5, 5.41) is 9.16. The lowest BCUT2D eigenvalue weighted by Gasteiger charge is -2.08. The van der Waals surface area contributed by atoms with Gasteiger partial charge in [0.25, 0.3) is 0 Å². The van der Waals surface area contributed by atoms with Gasteiger partial charge in [-0.3, -0.25) is 9.78 Å². The zero-order chi connectivity index (χ0) is 13.8. The number of benzene rings is 1. The average molecular weight is 280 g/mol. The summed E-state index contributed by atoms with van der Waals surface area (Å²) in [5.41, 5.74) is 6.91. The quantitative estimate of drug-likeness (QED) is 0.876. The molecule has 3 N–H and O–H groups in total. The third kappa shape index (κ3) is 3.21. The molecule has 0 aliphatic rings. The van der Waals surface area contributed by atoms with Crippen LogP contribution in [0.15, 0.2) is 30.5 Å². The number of rotatable bonds is 5. The Bertz CT molecular complexity index is 606. The van der Waals surface area contributed by atoms with E-state index >= 15 is 0 Å². The number of hydrogen-bond donors (Lipinski definition) is 2. The maximum absolute atomic E-state index is 13.6. The van der Waals surface area contributed by atoms with Crippen LogP contribution in [0.3, 0.4) is 0 Å². The van der Waals surface area contributed by atoms with Crippen molar-refractivity contribution in [2.75, 3.05) is 5.75 Å². The standard InChI is InChI=1S/C13H13FN2O2S/c14-10-4-3-8(6-19-7-11(15)13(17)18)12-9(10)2-1-5-16-12/h1-5,11H,6-7,15H2,(H,17,18). The summed E-state index contributed by atoms with van der Waals surface area (Å²) in [6.45, 7) is 0. The molecule has 0 spiro atoms. The molecule has 1 unspecified atom stereocenters. The zero-order valence-electron chi connectivity index (χ0n) is 10.0. The van der Waals surface area contributed by atoms with Crippen molar-refractivity contribution >= 4 is 28.6 Å². The van der Waals surface area contributed by atoms with Gasteiger partial charge in [-0.2, -0.15) is 11.8 Å². The van der Waals surface area contributed by atoms with Gasteiger partial charge in [-0.05, 0) is 23.8 Å². The van der Waals surface area contributed by atoms with Crippen molar-refractivity contribution in [1.29, 1.82) is 0 Å². The molecule has 0 aliphatic heterocycles. The smallest absolute Gasteiger partial charge is 0.321 e. The van der Waals surface area contributed by atoms with Gasteiger partial charge in [0.2, 0.25) is 0 Å². The van der Waals surface area contributed by atoms with Crippen LogP contribution in [0.1, 0.15) is 5.56 Å². The van der Waals surface area contributed by atoms with Crippen LogP contribution in [-0.2, 0) is 10.5 Å². The molecule has 6 heteroatoms. The predicted molar refractivity (Wildman–Crippen MR) is 73.5 cm³/mol. The predicted octanol–water partition coefficient (Wildman–Crippen LogP) is 2.02. The Morgan fingerprint density at radius 3 is 3.00 bits per heavy atom. The summed E-state index contributed by atoms with van der Waals surface area (Å²) >= 11 is 1.40. The number of carboxylic acids is 1. The van der Waals surface area contributed by atoms with Crippen LogP contribution in [-0.4, -0.2) is 27.9 Å². The van der Waals surface area contributed by atoms with Crippen molar-refractivity contribution < 1.29 is 14.3 Å². The first-order valence-corrected chi connectivity index (χ1v) is 6.83. The van der Waals surface area contributed by atoms with Gasteiger partial charge in [0, 0.05) is 23.1 Å². The molecule has 0 aliphatic carbocycles. The molecule has 2 aromatic rings. The molecule has 1 heterocycles. The number of nitrogens with zero attached hydrogens (tertiary/aromatic N) is 1. The number of aliphatic carboxylic acids is 1. The lowest BCUT2D eigenvalue weighted by atomic mass is 10.1. The zero-order valence-corrected chi connectivity index (χ0v) is 10.9. The van der Waals surface area contributed by atoms with Crippen molar-refractivity contribution in [3.05, 3.63) is 41.8 Å². The fraction of sp³-hybridized carbons (Fsp3) is 0.231. The highest BCUT2D eigenvalue weighted by molar-refractivity contribution is 7.98. The largest absolute Gasteiger partial charge is 0.480 e. The molecule has 0 saturated heterocycles. The Balaban J connectivity index is 2.13. The molecule has 4 nitrogen and oxygen atoms in total. The summed E-state index contributed by atoms with van der Waals surface area (Å²) in [4.78, 5) is 14.8. The number of hydrogen-bond acceptors (Lipinski definition) is 4. The van der Waals surface area contributed by atoms with Crippen LogP contribution in [0.5, 0.6) is 0 Å². The molecule has 19 heavy (non-hydrogen) atoms. The number of pyridine rings is 1. The second-order valence-corrected chi connectivity index (χ2v) is 5.10. The Kier molecular flexibility index (Phi) is 4.34. The van der Waals surface area contributed by atoms with E-state index in [1.807, 2.05) is 0 Å². The van der Waals surface area contributed by atoms with Crippen molar-refractivity contribution in [1.82, 2.24) is 4.98 Å². The minimum absolute atomic E-state index is 0.306. The molecule has 0 fully saturated rings. The monoisotopic (exact) mass is 280 g/mol. The summed E-state index contributed by atoms with van der Waals surface area (Å²) < 4.78 is 13.6. The summed E-state index contributed by atoms with van der Waals surface area (Å²) in [7, 11) is 0. The van der Waals surface area contributed by atoms with Crippen LogP contribution >= 0.6 is 11.8 Å². The van der Waals surface area contributed by atoms with Crippen LogP contribution in [0.25, 0.3) is 10.9 Å². The summed E-state index contributed by atoms with van der Waals surface area (Å²) in [6.07, 6.45) is 1.61. The fourth-order valence-corrected chi connectivity index (χ4v) is 2.65. The molecular weight excluding hydrogens is 267 g/mol. The molecule has 1 aromatic carbocycles. The molecule has 0 bridgehead atoms. The first-order chi connectivity index (χ1) is 9.09. The van der Waals surface area contributed by atoms with Gasteiger partial charge in [-0.15, -0.1) is 0 Å². The van der Waals surface area contributed by atoms with Gasteiger partial charge >= 0.3 is 5.97 Å². The molecule has 1 aromatic heterocycles. The van der Waals surface area contributed by atoms with Gasteiger partial charge < -0.3 is 10.8 Å². The minimum atomic E-state index is -1.02. The van der Waals surface area contributed by atoms with Gasteiger partial charge in [0.1, 0.15) is 11.9 Å². The Morgan fingerprint density at radius 1 is 1.47 bits per heavy atom. The van der Waals surface area contributed by atoms with Crippen LogP contribution in [0, 0.1) is 5.82 Å². The molecule has 2 rings (SSSR count). The molecule has 0 radical (unpaired) electrons. The lowest BCUT2D eigenvalue weighted by molar-refractivity contribution is -0.137. The van der Waals surface area contributed by atoms with E-state index < -0.39 is 12.0 Å². The van der Waals surface area contributed by atoms with Crippen LogP contribution < -0.4 is 5.73 Å². The van der Waals surface area contributed by atoms with E-state index in [-0.39, 0.29) is 5.82 Å². The molecule has 0 saturated carbocycles. The topological polar surface area (TPSA) is 76.2 Å². The summed E-state index contributed by atoms with van der Waals surface area (Å²) in [6, 6.07) is 5.54. The minimum Gasteiger partial charge on any atom is -0.480 e. The number of nitrogens with two attached hydrogens (primary N) is 1. The maximum atomic E-state index is 13.6. The van der Waals surface area contributed by atoms with E-state index in [0.29, 0.717) is 22.4 Å². The third-order valence-corrected chi connectivity index (χ3v) is 3.78. The van der Waals surface area contributed by atoms with Crippen molar-refractivity contribution in [3.8, 4) is 0 Å². The number of fused-ring (bicyclic) bond motifs is 1. The van der Waals surface area contributed by atoms with E-state index in [9.17, 15) is 9.18 Å². The number of halogens is 1. The van der Waals surface area contributed by atoms with Crippen molar-refractivity contribution in [2.24, 2.45) is 5.73 Å². The van der Waals surface area contributed by atoms with Gasteiger partial charge in [-0.1, -0.05) is 6.07 Å². The molecule has 100 valence electrons. The first-order valence-electron chi connectivity index (χ1n) is 5.68. The molecule has 1 atom stereocenters. The maximum Gasteiger partial charge on any atom is 0.321 e. The van der Waals surface area contributed by atoms with E-state index in [0.717, 1.165) is 5.56 Å². The Morgan fingerprint density at radius 2 is 2.26 bits per heavy atom. The molecular formula is C13H13FN2O2S. The molecule has 0 amide bonds. The Hall–Kier alpha value is -1.66. The van der Waals surface area contributed by atoms with Gasteiger partial charge in [0.05, 0.1) is 5.52 Å². The normalized spacial score (nSPS) is 12.5. The number of carboxylic acid groups (broad SMARTS) is 1. The average Bonchev–Trinajstić information content (AvgIpc) is 2.41. The van der Waals surface area contributed by atoms with Crippen molar-refractivity contribution in [2.45, 2.75) is 11.8 Å². The van der Waals surface area contributed by atoms with Crippen LogP contribution in [0.4, 0.5) is 4.39 Å². The van der Waals surface area contributed by atoms with Gasteiger partial charge in [0.15, 0.2) is 0 Å². The van der Waals surface area contributed by atoms with Gasteiger partial charge in [-0.25, -0.2) is 4.39 Å². The second kappa shape index (κ2) is 5.99. The van der Waals surface area contributed by atoms with E-state index in [1.54, 1.807) is 24.4 Å². The highest BCUT2D eigenvalue weighted by Gasteiger charge is 2.12. The number of aromatic nitrogens is 1. The van der Waals surface area contributed by atoms with E-state index in [1.165, 1.54) is 17.8 Å². The van der Waals surface area contributed by atoms with Crippen LogP contribution in [0.2, 0.25) is 0 Å². The van der Waals surface area contributed by atoms with E-state index in [4.69, 9.17) is 10.8 Å². The van der Waals surface area contributed by atoms with E-state index in [2.05, 4.69) is 4.98 Å².